The van der Waals surface area contributed by atoms with Crippen molar-refractivity contribution in [1.82, 2.24) is 0 Å². The van der Waals surface area contributed by atoms with Crippen molar-refractivity contribution < 1.29 is 8.83 Å². The van der Waals surface area contributed by atoms with E-state index in [2.05, 4.69) is 184 Å². The van der Waals surface area contributed by atoms with Crippen LogP contribution in [0.4, 0.5) is 0 Å². The van der Waals surface area contributed by atoms with E-state index in [1.54, 1.807) is 0 Å². The maximum absolute atomic E-state index is 6.17. The summed E-state index contributed by atoms with van der Waals surface area (Å²) in [5.74, 6) is 0. The highest BCUT2D eigenvalue weighted by Gasteiger charge is 2.14. The van der Waals surface area contributed by atoms with Crippen LogP contribution in [0.2, 0.25) is 0 Å². The third kappa shape index (κ3) is 5.21. The third-order valence-corrected chi connectivity index (χ3v) is 11.0. The smallest absolute Gasteiger partial charge is 0.136 e. The zero-order valence-corrected chi connectivity index (χ0v) is 30.9. The zero-order chi connectivity index (χ0) is 34.8. The van der Waals surface area contributed by atoms with Gasteiger partial charge >= 0.3 is 0 Å². The fourth-order valence-corrected chi connectivity index (χ4v) is 8.35. The Morgan fingerprint density at radius 2 is 0.692 bits per heavy atom. The van der Waals surface area contributed by atoms with E-state index in [0.717, 1.165) is 53.0 Å². The number of fused-ring (bicyclic) bond motifs is 12. The molecule has 0 N–H and O–H groups in total. The molecule has 0 saturated carbocycles. The third-order valence-electron chi connectivity index (χ3n) is 10.1. The number of rotatable bonds is 2. The molecule has 0 bridgehead atoms. The Labute approximate surface area is 316 Å². The number of benzene rings is 9. The molecule has 52 heavy (non-hydrogen) atoms. The Balaban J connectivity index is 0.000000130. The van der Waals surface area contributed by atoms with E-state index in [1.807, 2.05) is 18.2 Å². The summed E-state index contributed by atoms with van der Waals surface area (Å²) in [7, 11) is 0. The van der Waals surface area contributed by atoms with Gasteiger partial charge in [0.25, 0.3) is 0 Å². The van der Waals surface area contributed by atoms with Crippen molar-refractivity contribution in [3.05, 3.63) is 179 Å². The van der Waals surface area contributed by atoms with Gasteiger partial charge in [-0.3, -0.25) is 0 Å². The summed E-state index contributed by atoms with van der Waals surface area (Å²) in [5.41, 5.74) is 8.49. The topological polar surface area (TPSA) is 26.3 Å². The average Bonchev–Trinajstić information content (AvgIpc) is 3.74. The van der Waals surface area contributed by atoms with Gasteiger partial charge in [-0.2, -0.15) is 0 Å². The van der Waals surface area contributed by atoms with Crippen molar-refractivity contribution in [1.29, 1.82) is 0 Å². The minimum atomic E-state index is 0.905. The van der Waals surface area contributed by atoms with Gasteiger partial charge in [-0.15, -0.1) is 0 Å². The van der Waals surface area contributed by atoms with Gasteiger partial charge in [-0.25, -0.2) is 0 Å². The first-order valence-corrected chi connectivity index (χ1v) is 18.8. The molecule has 9 aromatic carbocycles. The lowest BCUT2D eigenvalue weighted by atomic mass is 9.93. The highest BCUT2D eigenvalue weighted by Crippen LogP contribution is 2.41. The fourth-order valence-electron chi connectivity index (χ4n) is 7.67. The Morgan fingerprint density at radius 1 is 0.269 bits per heavy atom. The Bertz CT molecular complexity index is 3150. The average molecular weight is 797 g/mol. The molecule has 11 rings (SSSR count). The summed E-state index contributed by atoms with van der Waals surface area (Å²) in [4.78, 5) is 0. The van der Waals surface area contributed by atoms with Gasteiger partial charge in [-0.05, 0) is 115 Å². The zero-order valence-electron chi connectivity index (χ0n) is 27.7. The summed E-state index contributed by atoms with van der Waals surface area (Å²) in [6.45, 7) is 0. The predicted octanol–water partition coefficient (Wildman–Crippen LogP) is 15.5. The van der Waals surface area contributed by atoms with E-state index in [9.17, 15) is 0 Å². The summed E-state index contributed by atoms with van der Waals surface area (Å²) in [6.07, 6.45) is 0. The standard InChI is InChI=1S/C24H13BrO.C24H15BrO/c25-14-9-10-19-22-12-20-17-7-3-1-5-15(17)16-6-2-4-8-18(16)21(20)13-24(22)26-23(19)11-14;25-18-11-13-22-21-12-10-17(14-23(21)26-24(22)15-18)20-9-5-4-8-19(20)16-6-2-1-3-7-16/h1-13H;1-15H. The molecule has 246 valence electrons. The lowest BCUT2D eigenvalue weighted by Crippen LogP contribution is -1.84. The Morgan fingerprint density at radius 3 is 1.29 bits per heavy atom. The van der Waals surface area contributed by atoms with Crippen LogP contribution in [0.25, 0.3) is 98.4 Å². The fraction of sp³-hybridized carbons (Fsp3) is 0. The molecule has 4 heteroatoms. The van der Waals surface area contributed by atoms with Gasteiger partial charge in [0.2, 0.25) is 0 Å². The van der Waals surface area contributed by atoms with Crippen molar-refractivity contribution in [3.8, 4) is 22.3 Å². The number of hydrogen-bond acceptors (Lipinski definition) is 2. The van der Waals surface area contributed by atoms with Gasteiger partial charge in [-0.1, -0.05) is 141 Å². The molecule has 0 radical (unpaired) electrons. The molecule has 2 aromatic heterocycles. The van der Waals surface area contributed by atoms with Crippen LogP contribution in [0.3, 0.4) is 0 Å². The first-order chi connectivity index (χ1) is 25.6. The second-order valence-corrected chi connectivity index (χ2v) is 14.9. The minimum absolute atomic E-state index is 0.905. The minimum Gasteiger partial charge on any atom is -0.456 e. The van der Waals surface area contributed by atoms with Crippen LogP contribution in [0.15, 0.2) is 188 Å². The summed E-state index contributed by atoms with van der Waals surface area (Å²) in [6, 6.07) is 59.7. The van der Waals surface area contributed by atoms with Crippen molar-refractivity contribution in [3.63, 3.8) is 0 Å². The Kier molecular flexibility index (Phi) is 7.49. The molecule has 0 amide bonds. The van der Waals surface area contributed by atoms with Gasteiger partial charge in [0.1, 0.15) is 22.3 Å². The van der Waals surface area contributed by atoms with Crippen LogP contribution in [0.5, 0.6) is 0 Å². The van der Waals surface area contributed by atoms with Crippen LogP contribution in [-0.2, 0) is 0 Å². The van der Waals surface area contributed by atoms with Crippen molar-refractivity contribution in [2.24, 2.45) is 0 Å². The highest BCUT2D eigenvalue weighted by atomic mass is 79.9. The summed E-state index contributed by atoms with van der Waals surface area (Å²) < 4.78 is 14.3. The molecule has 11 aromatic rings. The van der Waals surface area contributed by atoms with Crippen molar-refractivity contribution >= 4 is 108 Å². The largest absolute Gasteiger partial charge is 0.456 e. The monoisotopic (exact) mass is 794 g/mol. The second-order valence-electron chi connectivity index (χ2n) is 13.1. The maximum atomic E-state index is 6.17. The van der Waals surface area contributed by atoms with Gasteiger partial charge in [0.15, 0.2) is 0 Å². The van der Waals surface area contributed by atoms with E-state index in [4.69, 9.17) is 8.83 Å². The van der Waals surface area contributed by atoms with Crippen LogP contribution < -0.4 is 0 Å². The highest BCUT2D eigenvalue weighted by molar-refractivity contribution is 9.10. The molecule has 0 fully saturated rings. The van der Waals surface area contributed by atoms with Gasteiger partial charge < -0.3 is 8.83 Å². The van der Waals surface area contributed by atoms with Crippen LogP contribution >= 0.6 is 31.9 Å². The van der Waals surface area contributed by atoms with E-state index >= 15 is 0 Å². The van der Waals surface area contributed by atoms with Gasteiger partial charge in [0, 0.05) is 30.5 Å². The summed E-state index contributed by atoms with van der Waals surface area (Å²) >= 11 is 7.05. The molecule has 2 nitrogen and oxygen atoms in total. The molecule has 0 spiro atoms. The first-order valence-electron chi connectivity index (χ1n) is 17.2. The molecule has 0 saturated heterocycles. The van der Waals surface area contributed by atoms with Crippen molar-refractivity contribution in [2.45, 2.75) is 0 Å². The number of halogens is 2. The van der Waals surface area contributed by atoms with E-state index in [0.29, 0.717) is 0 Å². The molecule has 2 heterocycles. The normalized spacial score (nSPS) is 11.7. The predicted molar refractivity (Wildman–Crippen MR) is 226 cm³/mol. The second kappa shape index (κ2) is 12.5. The lowest BCUT2D eigenvalue weighted by Gasteiger charge is -2.10. The molecule has 0 aliphatic carbocycles. The maximum Gasteiger partial charge on any atom is 0.136 e. The van der Waals surface area contributed by atoms with E-state index in [-0.39, 0.29) is 0 Å². The molecule has 0 unspecified atom stereocenters. The molecule has 0 aliphatic rings. The first kappa shape index (κ1) is 31.1. The van der Waals surface area contributed by atoms with E-state index in [1.165, 1.54) is 54.4 Å². The number of hydrogen-bond donors (Lipinski definition) is 0. The van der Waals surface area contributed by atoms with Gasteiger partial charge in [0.05, 0.1) is 0 Å². The Hall–Kier alpha value is -5.68. The molecular weight excluding hydrogens is 768 g/mol. The summed E-state index contributed by atoms with van der Waals surface area (Å²) in [5, 5.41) is 12.3. The SMILES string of the molecule is Brc1ccc2c(c1)oc1cc(-c3ccccc3-c3ccccc3)ccc12.Brc1ccc2c(c1)oc1cc3c4ccccc4c4ccccc4c3cc12. The van der Waals surface area contributed by atoms with Crippen LogP contribution in [0, 0.1) is 0 Å². The van der Waals surface area contributed by atoms with Crippen LogP contribution in [-0.4, -0.2) is 0 Å². The number of furan rings is 2. The molecular formula is C48H28Br2O2. The van der Waals surface area contributed by atoms with Crippen molar-refractivity contribution in [2.75, 3.05) is 0 Å². The quantitative estimate of drug-likeness (QED) is 0.163. The van der Waals surface area contributed by atoms with Crippen LogP contribution in [0.1, 0.15) is 0 Å². The molecule has 0 atom stereocenters. The lowest BCUT2D eigenvalue weighted by molar-refractivity contribution is 0.668. The van der Waals surface area contributed by atoms with E-state index < -0.39 is 0 Å². The molecule has 0 aliphatic heterocycles.